The Morgan fingerprint density at radius 2 is 1.27 bits per heavy atom. The summed E-state index contributed by atoms with van der Waals surface area (Å²) < 4.78 is 0. The van der Waals surface area contributed by atoms with E-state index >= 15 is 0 Å². The van der Waals surface area contributed by atoms with Crippen molar-refractivity contribution in [1.29, 1.82) is 0 Å². The lowest BCUT2D eigenvalue weighted by Crippen LogP contribution is -1.98. The molecule has 2 heteroatoms. The van der Waals surface area contributed by atoms with Crippen molar-refractivity contribution in [3.63, 3.8) is 0 Å². The molecule has 0 saturated carbocycles. The molecule has 0 amide bonds. The molecule has 2 heterocycles. The monoisotopic (exact) mass is 200 g/mol. The van der Waals surface area contributed by atoms with Crippen molar-refractivity contribution in [1.82, 2.24) is 0 Å². The normalized spacial score (nSPS) is 12.9. The zero-order valence-electron chi connectivity index (χ0n) is 9.70. The molecular formula is C13H16N2. The van der Waals surface area contributed by atoms with E-state index in [0.717, 1.165) is 11.4 Å². The summed E-state index contributed by atoms with van der Waals surface area (Å²) in [6.07, 6.45) is 0. The van der Waals surface area contributed by atoms with E-state index in [1.165, 1.54) is 11.1 Å². The number of benzene rings is 1. The molecule has 0 N–H and O–H groups in total. The lowest BCUT2D eigenvalue weighted by molar-refractivity contribution is 0.793. The fraction of sp³-hybridized carbons (Fsp3) is 0.462. The number of aliphatic imine (C=N–C) groups is 2. The van der Waals surface area contributed by atoms with Gasteiger partial charge in [0, 0.05) is 0 Å². The molecule has 0 spiro atoms. The smallest absolute Gasteiger partial charge is 0.100 e. The summed E-state index contributed by atoms with van der Waals surface area (Å²) >= 11 is 0. The molecule has 0 atom stereocenters. The second-order valence-corrected chi connectivity index (χ2v) is 4.56. The van der Waals surface area contributed by atoms with Crippen LogP contribution < -0.4 is 0 Å². The van der Waals surface area contributed by atoms with Gasteiger partial charge < -0.3 is 0 Å². The molecular weight excluding hydrogens is 184 g/mol. The van der Waals surface area contributed by atoms with E-state index < -0.39 is 0 Å². The number of rotatable bonds is 2. The van der Waals surface area contributed by atoms with Gasteiger partial charge >= 0.3 is 0 Å². The quantitative estimate of drug-likeness (QED) is 0.687. The summed E-state index contributed by atoms with van der Waals surface area (Å²) in [7, 11) is 0. The highest BCUT2D eigenvalue weighted by Crippen LogP contribution is 2.41. The van der Waals surface area contributed by atoms with Gasteiger partial charge in [-0.3, -0.25) is 0 Å². The minimum Gasteiger partial charge on any atom is -0.187 e. The third-order valence-corrected chi connectivity index (χ3v) is 2.74. The van der Waals surface area contributed by atoms with Gasteiger partial charge in [-0.15, -0.1) is 0 Å². The molecule has 0 fully saturated rings. The minimum absolute atomic E-state index is 0.483. The van der Waals surface area contributed by atoms with E-state index in [9.17, 15) is 0 Å². The molecule has 78 valence electrons. The third-order valence-electron chi connectivity index (χ3n) is 2.74. The molecule has 2 aliphatic rings. The molecule has 1 aromatic rings. The molecule has 2 aliphatic heterocycles. The van der Waals surface area contributed by atoms with Gasteiger partial charge in [0.2, 0.25) is 0 Å². The van der Waals surface area contributed by atoms with Crippen LogP contribution in [0, 0.1) is 0 Å². The largest absolute Gasteiger partial charge is 0.187 e. The molecule has 1 aromatic carbocycles. The maximum absolute atomic E-state index is 4.25. The van der Waals surface area contributed by atoms with Crippen LogP contribution in [0.5, 0.6) is 0 Å². The topological polar surface area (TPSA) is 24.7 Å². The number of nitrogens with zero attached hydrogens (tertiary/aromatic N) is 2. The van der Waals surface area contributed by atoms with Crippen LogP contribution in [0.25, 0.3) is 0 Å². The second kappa shape index (κ2) is 3.63. The Morgan fingerprint density at radius 1 is 0.867 bits per heavy atom. The van der Waals surface area contributed by atoms with Crippen molar-refractivity contribution in [3.05, 3.63) is 23.3 Å². The average Bonchev–Trinajstić information content (AvgIpc) is 2.48. The van der Waals surface area contributed by atoms with Crippen LogP contribution in [0.15, 0.2) is 22.1 Å². The highest BCUT2D eigenvalue weighted by Gasteiger charge is 2.19. The first-order valence-corrected chi connectivity index (χ1v) is 5.44. The third kappa shape index (κ3) is 1.62. The SMILES string of the molecule is CC(C)c1c2ccc(c1C(C)C)N=C=N2. The molecule has 0 aromatic heterocycles. The van der Waals surface area contributed by atoms with Gasteiger partial charge in [0.1, 0.15) is 6.01 Å². The van der Waals surface area contributed by atoms with E-state index in [0.29, 0.717) is 11.8 Å². The van der Waals surface area contributed by atoms with Gasteiger partial charge in [0.25, 0.3) is 0 Å². The summed E-state index contributed by atoms with van der Waals surface area (Å²) in [6, 6.07) is 6.83. The number of hydrogen-bond donors (Lipinski definition) is 0. The summed E-state index contributed by atoms with van der Waals surface area (Å²) in [5.41, 5.74) is 4.71. The summed E-state index contributed by atoms with van der Waals surface area (Å²) in [5.74, 6) is 0.965. The van der Waals surface area contributed by atoms with E-state index in [1.807, 2.05) is 12.1 Å². The van der Waals surface area contributed by atoms with Gasteiger partial charge in [-0.1, -0.05) is 27.7 Å². The first kappa shape index (κ1) is 10.1. The van der Waals surface area contributed by atoms with E-state index in [-0.39, 0.29) is 0 Å². The van der Waals surface area contributed by atoms with Crippen molar-refractivity contribution < 1.29 is 0 Å². The number of hydrogen-bond acceptors (Lipinski definition) is 2. The predicted molar refractivity (Wildman–Crippen MR) is 63.8 cm³/mol. The predicted octanol–water partition coefficient (Wildman–Crippen LogP) is 4.38. The summed E-state index contributed by atoms with van der Waals surface area (Å²) in [5, 5.41) is 0. The molecule has 3 rings (SSSR count). The minimum atomic E-state index is 0.483. The molecule has 0 unspecified atom stereocenters. The highest BCUT2D eigenvalue weighted by molar-refractivity contribution is 5.72. The fourth-order valence-corrected chi connectivity index (χ4v) is 2.15. The molecule has 0 saturated heterocycles. The fourth-order valence-electron chi connectivity index (χ4n) is 2.15. The van der Waals surface area contributed by atoms with Crippen LogP contribution in [0.1, 0.15) is 50.7 Å². The lowest BCUT2D eigenvalue weighted by atomic mass is 9.88. The van der Waals surface area contributed by atoms with Crippen molar-refractivity contribution in [2.45, 2.75) is 39.5 Å². The maximum Gasteiger partial charge on any atom is 0.100 e. The zero-order chi connectivity index (χ0) is 11.0. The van der Waals surface area contributed by atoms with Crippen LogP contribution in [0.2, 0.25) is 0 Å². The summed E-state index contributed by atoms with van der Waals surface area (Å²) in [4.78, 5) is 8.51. The molecule has 15 heavy (non-hydrogen) atoms. The Kier molecular flexibility index (Phi) is 2.45. The molecule has 0 aliphatic carbocycles. The molecule has 2 nitrogen and oxygen atoms in total. The molecule has 2 bridgehead atoms. The van der Waals surface area contributed by atoms with Crippen molar-refractivity contribution >= 4 is 17.4 Å². The standard InChI is InChI=1S/C13H16N2/c1-8(2)12-10-5-6-11(15-7-14-10)13(12)9(3)4/h5-6,8-9H,1-4H3. The van der Waals surface area contributed by atoms with Gasteiger partial charge in [0.05, 0.1) is 11.4 Å². The Labute approximate surface area is 90.8 Å². The first-order chi connectivity index (χ1) is 7.11. The van der Waals surface area contributed by atoms with Crippen LogP contribution in [0.4, 0.5) is 11.4 Å². The van der Waals surface area contributed by atoms with E-state index in [4.69, 9.17) is 0 Å². The highest BCUT2D eigenvalue weighted by atomic mass is 14.8. The Balaban J connectivity index is 2.75. The zero-order valence-corrected chi connectivity index (χ0v) is 9.70. The average molecular weight is 200 g/mol. The lowest BCUT2D eigenvalue weighted by Gasteiger charge is -2.18. The van der Waals surface area contributed by atoms with Crippen molar-refractivity contribution in [2.75, 3.05) is 0 Å². The van der Waals surface area contributed by atoms with Gasteiger partial charge in [0.15, 0.2) is 0 Å². The van der Waals surface area contributed by atoms with Gasteiger partial charge in [-0.05, 0) is 35.1 Å². The van der Waals surface area contributed by atoms with Crippen molar-refractivity contribution in [3.8, 4) is 0 Å². The number of fused-ring (bicyclic) bond motifs is 2. The van der Waals surface area contributed by atoms with Crippen molar-refractivity contribution in [2.24, 2.45) is 9.98 Å². The first-order valence-electron chi connectivity index (χ1n) is 5.44. The van der Waals surface area contributed by atoms with E-state index in [1.54, 1.807) is 0 Å². The van der Waals surface area contributed by atoms with Crippen LogP contribution >= 0.6 is 0 Å². The maximum atomic E-state index is 4.25. The Morgan fingerprint density at radius 3 is 1.60 bits per heavy atom. The van der Waals surface area contributed by atoms with Crippen LogP contribution in [0.3, 0.4) is 0 Å². The van der Waals surface area contributed by atoms with E-state index in [2.05, 4.69) is 43.7 Å². The van der Waals surface area contributed by atoms with Crippen LogP contribution in [-0.4, -0.2) is 6.01 Å². The van der Waals surface area contributed by atoms with Crippen LogP contribution in [-0.2, 0) is 0 Å². The van der Waals surface area contributed by atoms with Gasteiger partial charge in [-0.2, -0.15) is 9.98 Å². The molecule has 0 radical (unpaired) electrons. The Hall–Kier alpha value is -1.40. The Bertz CT molecular complexity index is 411. The summed E-state index contributed by atoms with van der Waals surface area (Å²) in [6.45, 7) is 8.81. The van der Waals surface area contributed by atoms with Gasteiger partial charge in [-0.25, -0.2) is 0 Å². The second-order valence-electron chi connectivity index (χ2n) is 4.56.